The Kier molecular flexibility index (Phi) is 5.56. The predicted octanol–water partition coefficient (Wildman–Crippen LogP) is 2.72. The second-order valence-electron chi connectivity index (χ2n) is 5.43. The summed E-state index contributed by atoms with van der Waals surface area (Å²) >= 11 is 0. The van der Waals surface area contributed by atoms with Crippen molar-refractivity contribution in [1.82, 2.24) is 15.1 Å². The summed E-state index contributed by atoms with van der Waals surface area (Å²) in [5.74, 6) is 0. The highest BCUT2D eigenvalue weighted by Gasteiger charge is 2.24. The topological polar surface area (TPSA) is 50.1 Å². The van der Waals surface area contributed by atoms with Crippen LogP contribution in [0.15, 0.2) is 0 Å². The van der Waals surface area contributed by atoms with Gasteiger partial charge in [-0.1, -0.05) is 13.8 Å². The molecular weight excluding hydrogens is 238 g/mol. The molecule has 1 unspecified atom stereocenters. The number of aromatic nitrogens is 2. The first-order valence-electron chi connectivity index (χ1n) is 7.38. The van der Waals surface area contributed by atoms with Crippen molar-refractivity contribution in [3.63, 3.8) is 0 Å². The van der Waals surface area contributed by atoms with Gasteiger partial charge in [0.25, 0.3) is 0 Å². The van der Waals surface area contributed by atoms with Crippen molar-refractivity contribution in [2.24, 2.45) is 0 Å². The number of hydrogen-bond acceptors (Lipinski definition) is 3. The van der Waals surface area contributed by atoms with Crippen LogP contribution in [0.1, 0.15) is 63.5 Å². The zero-order valence-electron chi connectivity index (χ0n) is 13.2. The summed E-state index contributed by atoms with van der Waals surface area (Å²) in [5.41, 5.74) is 2.96. The maximum absolute atomic E-state index is 10.3. The molecule has 110 valence electrons. The monoisotopic (exact) mass is 267 g/mol. The van der Waals surface area contributed by atoms with Crippen molar-refractivity contribution >= 4 is 0 Å². The summed E-state index contributed by atoms with van der Waals surface area (Å²) in [7, 11) is 0. The van der Waals surface area contributed by atoms with E-state index in [9.17, 15) is 5.11 Å². The minimum Gasteiger partial charge on any atom is -0.389 e. The molecule has 0 bridgehead atoms. The number of nitrogens with zero attached hydrogens (tertiary/aromatic N) is 2. The van der Waals surface area contributed by atoms with E-state index in [-0.39, 0.29) is 6.04 Å². The number of rotatable bonds is 7. The van der Waals surface area contributed by atoms with Crippen LogP contribution in [-0.2, 0) is 6.54 Å². The van der Waals surface area contributed by atoms with E-state index < -0.39 is 5.60 Å². The van der Waals surface area contributed by atoms with Gasteiger partial charge in [-0.05, 0) is 40.5 Å². The van der Waals surface area contributed by atoms with Crippen LogP contribution in [0.4, 0.5) is 0 Å². The van der Waals surface area contributed by atoms with Crippen LogP contribution in [0.5, 0.6) is 0 Å². The molecule has 0 aliphatic rings. The molecule has 0 saturated heterocycles. The van der Waals surface area contributed by atoms with E-state index in [0.717, 1.165) is 25.1 Å². The highest BCUT2D eigenvalue weighted by Crippen LogP contribution is 2.22. The SMILES string of the molecule is CCn1nc(C)c(C(C)NCC(O)(CC)CC)c1C. The highest BCUT2D eigenvalue weighted by molar-refractivity contribution is 5.27. The van der Waals surface area contributed by atoms with Crippen LogP contribution in [0, 0.1) is 13.8 Å². The molecule has 1 atom stereocenters. The molecule has 0 aromatic carbocycles. The van der Waals surface area contributed by atoms with Crippen LogP contribution in [0.25, 0.3) is 0 Å². The van der Waals surface area contributed by atoms with Gasteiger partial charge in [0, 0.05) is 30.4 Å². The van der Waals surface area contributed by atoms with Gasteiger partial charge in [-0.25, -0.2) is 0 Å². The van der Waals surface area contributed by atoms with Crippen molar-refractivity contribution in [2.45, 2.75) is 72.6 Å². The lowest BCUT2D eigenvalue weighted by molar-refractivity contribution is 0.0303. The Morgan fingerprint density at radius 1 is 1.26 bits per heavy atom. The first-order chi connectivity index (χ1) is 8.88. The van der Waals surface area contributed by atoms with E-state index in [1.54, 1.807) is 0 Å². The van der Waals surface area contributed by atoms with Gasteiger partial charge < -0.3 is 10.4 Å². The van der Waals surface area contributed by atoms with Gasteiger partial charge in [0.05, 0.1) is 11.3 Å². The zero-order valence-corrected chi connectivity index (χ0v) is 13.2. The maximum atomic E-state index is 10.3. The molecule has 4 heteroatoms. The molecule has 0 saturated carbocycles. The normalized spacial score (nSPS) is 13.8. The Balaban J connectivity index is 2.79. The largest absolute Gasteiger partial charge is 0.389 e. The summed E-state index contributed by atoms with van der Waals surface area (Å²) in [4.78, 5) is 0. The highest BCUT2D eigenvalue weighted by atomic mass is 16.3. The fourth-order valence-corrected chi connectivity index (χ4v) is 2.59. The van der Waals surface area contributed by atoms with Gasteiger partial charge in [0.2, 0.25) is 0 Å². The van der Waals surface area contributed by atoms with Gasteiger partial charge in [-0.15, -0.1) is 0 Å². The molecule has 1 heterocycles. The van der Waals surface area contributed by atoms with E-state index in [2.05, 4.69) is 38.1 Å². The maximum Gasteiger partial charge on any atom is 0.0766 e. The number of aryl methyl sites for hydroxylation is 2. The Morgan fingerprint density at radius 3 is 2.26 bits per heavy atom. The van der Waals surface area contributed by atoms with Gasteiger partial charge in [0.1, 0.15) is 0 Å². The number of hydrogen-bond donors (Lipinski definition) is 2. The summed E-state index contributed by atoms with van der Waals surface area (Å²) in [5, 5.41) is 18.3. The molecular formula is C15H29N3O. The van der Waals surface area contributed by atoms with Gasteiger partial charge in [-0.3, -0.25) is 4.68 Å². The van der Waals surface area contributed by atoms with Crippen molar-refractivity contribution < 1.29 is 5.11 Å². The minimum absolute atomic E-state index is 0.213. The summed E-state index contributed by atoms with van der Waals surface area (Å²) in [6.45, 7) is 14.0. The lowest BCUT2D eigenvalue weighted by Gasteiger charge is -2.27. The Labute approximate surface area is 117 Å². The molecule has 19 heavy (non-hydrogen) atoms. The third-order valence-corrected chi connectivity index (χ3v) is 4.22. The van der Waals surface area contributed by atoms with Gasteiger partial charge >= 0.3 is 0 Å². The second kappa shape index (κ2) is 6.53. The lowest BCUT2D eigenvalue weighted by atomic mass is 9.96. The van der Waals surface area contributed by atoms with E-state index in [1.807, 2.05) is 18.5 Å². The molecule has 1 aromatic heterocycles. The molecule has 4 nitrogen and oxygen atoms in total. The molecule has 0 spiro atoms. The van der Waals surface area contributed by atoms with Gasteiger partial charge in [-0.2, -0.15) is 5.10 Å². The predicted molar refractivity (Wildman–Crippen MR) is 79.3 cm³/mol. The zero-order chi connectivity index (χ0) is 14.6. The van der Waals surface area contributed by atoms with Crippen LogP contribution in [0.2, 0.25) is 0 Å². The fraction of sp³-hybridized carbons (Fsp3) is 0.800. The average molecular weight is 267 g/mol. The van der Waals surface area contributed by atoms with Crippen LogP contribution in [-0.4, -0.2) is 27.0 Å². The summed E-state index contributed by atoms with van der Waals surface area (Å²) in [6.07, 6.45) is 1.55. The lowest BCUT2D eigenvalue weighted by Crippen LogP contribution is -2.40. The van der Waals surface area contributed by atoms with Crippen LogP contribution in [0.3, 0.4) is 0 Å². The molecule has 0 amide bonds. The van der Waals surface area contributed by atoms with E-state index in [1.165, 1.54) is 11.3 Å². The van der Waals surface area contributed by atoms with Gasteiger partial charge in [0.15, 0.2) is 0 Å². The minimum atomic E-state index is -0.600. The van der Waals surface area contributed by atoms with Crippen molar-refractivity contribution in [3.8, 4) is 0 Å². The quantitative estimate of drug-likeness (QED) is 0.798. The second-order valence-corrected chi connectivity index (χ2v) is 5.43. The first kappa shape index (κ1) is 16.2. The van der Waals surface area contributed by atoms with E-state index in [4.69, 9.17) is 0 Å². The third kappa shape index (κ3) is 3.57. The van der Waals surface area contributed by atoms with E-state index in [0.29, 0.717) is 6.54 Å². The molecule has 1 aromatic rings. The molecule has 2 N–H and O–H groups in total. The standard InChI is InChI=1S/C15H29N3O/c1-7-15(19,8-2)10-16-11(4)14-12(5)17-18(9-3)13(14)6/h11,16,19H,7-10H2,1-6H3. The molecule has 0 aliphatic heterocycles. The van der Waals surface area contributed by atoms with Crippen molar-refractivity contribution in [3.05, 3.63) is 17.0 Å². The average Bonchev–Trinajstić information content (AvgIpc) is 2.70. The Bertz CT molecular complexity index is 408. The number of nitrogens with one attached hydrogen (secondary N) is 1. The van der Waals surface area contributed by atoms with Crippen LogP contribution >= 0.6 is 0 Å². The van der Waals surface area contributed by atoms with Crippen molar-refractivity contribution in [2.75, 3.05) is 6.54 Å². The Morgan fingerprint density at radius 2 is 1.84 bits per heavy atom. The molecule has 0 radical (unpaired) electrons. The van der Waals surface area contributed by atoms with Crippen molar-refractivity contribution in [1.29, 1.82) is 0 Å². The first-order valence-corrected chi connectivity index (χ1v) is 7.38. The molecule has 0 aliphatic carbocycles. The third-order valence-electron chi connectivity index (χ3n) is 4.22. The summed E-state index contributed by atoms with van der Waals surface area (Å²) in [6, 6.07) is 0.213. The molecule has 1 rings (SSSR count). The number of aliphatic hydroxyl groups is 1. The van der Waals surface area contributed by atoms with Crippen LogP contribution < -0.4 is 5.32 Å². The smallest absolute Gasteiger partial charge is 0.0766 e. The van der Waals surface area contributed by atoms with E-state index >= 15 is 0 Å². The molecule has 0 fully saturated rings. The Hall–Kier alpha value is -0.870. The summed E-state index contributed by atoms with van der Waals surface area (Å²) < 4.78 is 2.04. The fourth-order valence-electron chi connectivity index (χ4n) is 2.59.